The highest BCUT2D eigenvalue weighted by molar-refractivity contribution is 5.78. The van der Waals surface area contributed by atoms with Crippen molar-refractivity contribution in [1.82, 2.24) is 0 Å². The molecule has 2 unspecified atom stereocenters. The number of carbonyl (C=O) groups is 1. The van der Waals surface area contributed by atoms with Crippen molar-refractivity contribution >= 4 is 5.97 Å². The van der Waals surface area contributed by atoms with E-state index in [0.717, 1.165) is 31.2 Å². The van der Waals surface area contributed by atoms with E-state index < -0.39 is 5.92 Å². The Morgan fingerprint density at radius 2 is 1.86 bits per heavy atom. The van der Waals surface area contributed by atoms with Gasteiger partial charge in [-0.1, -0.05) is 45.2 Å². The van der Waals surface area contributed by atoms with Crippen molar-refractivity contribution in [1.29, 1.82) is 0 Å². The molecule has 0 aliphatic carbocycles. The normalized spacial score (nSPS) is 13.6. The second-order valence-electron chi connectivity index (χ2n) is 5.65. The van der Waals surface area contributed by atoms with Crippen LogP contribution in [0, 0.1) is 5.92 Å². The number of phenolic OH excluding ortho intramolecular Hbond substituents is 1. The smallest absolute Gasteiger partial charge is 0.315 e. The third-order valence-corrected chi connectivity index (χ3v) is 3.92. The second-order valence-corrected chi connectivity index (χ2v) is 5.65. The van der Waals surface area contributed by atoms with Crippen molar-refractivity contribution in [2.24, 2.45) is 5.92 Å². The summed E-state index contributed by atoms with van der Waals surface area (Å²) in [5.74, 6) is -0.109. The maximum atomic E-state index is 12.3. The van der Waals surface area contributed by atoms with Gasteiger partial charge < -0.3 is 14.6 Å². The number of unbranched alkanes of at least 4 members (excludes halogenated alkanes) is 1. The van der Waals surface area contributed by atoms with Crippen molar-refractivity contribution in [2.75, 3.05) is 20.3 Å². The maximum Gasteiger partial charge on any atom is 0.315 e. The third-order valence-electron chi connectivity index (χ3n) is 3.92. The Hall–Kier alpha value is -1.55. The van der Waals surface area contributed by atoms with Gasteiger partial charge in [0.2, 0.25) is 0 Å². The van der Waals surface area contributed by atoms with Gasteiger partial charge in [0.15, 0.2) is 0 Å². The molecule has 0 aromatic heterocycles. The van der Waals surface area contributed by atoms with E-state index in [1.807, 2.05) is 0 Å². The van der Waals surface area contributed by atoms with Crippen molar-refractivity contribution in [3.05, 3.63) is 29.8 Å². The Morgan fingerprint density at radius 1 is 1.18 bits per heavy atom. The lowest BCUT2D eigenvalue weighted by molar-refractivity contribution is -0.148. The van der Waals surface area contributed by atoms with Crippen LogP contribution in [0.1, 0.15) is 51.0 Å². The van der Waals surface area contributed by atoms with E-state index >= 15 is 0 Å². The lowest BCUT2D eigenvalue weighted by Gasteiger charge is -2.19. The van der Waals surface area contributed by atoms with Crippen LogP contribution in [0.5, 0.6) is 5.75 Å². The molecule has 1 rings (SSSR count). The largest absolute Gasteiger partial charge is 0.508 e. The van der Waals surface area contributed by atoms with E-state index in [-0.39, 0.29) is 18.3 Å². The standard InChI is InChI=1S/C18H28O4/c1-4-6-7-14(5-2)12-22-18(20)17(13-21-3)15-8-10-16(19)11-9-15/h8-11,14,17,19H,4-7,12-13H2,1-3H3. The molecule has 0 saturated heterocycles. The Labute approximate surface area is 133 Å². The highest BCUT2D eigenvalue weighted by Crippen LogP contribution is 2.22. The molecule has 0 bridgehead atoms. The molecule has 0 radical (unpaired) electrons. The number of hydrogen-bond donors (Lipinski definition) is 1. The van der Waals surface area contributed by atoms with Crippen LogP contribution in [-0.4, -0.2) is 31.4 Å². The van der Waals surface area contributed by atoms with E-state index in [1.54, 1.807) is 31.4 Å². The van der Waals surface area contributed by atoms with Gasteiger partial charge in [0.1, 0.15) is 11.7 Å². The van der Waals surface area contributed by atoms with Crippen LogP contribution in [0.2, 0.25) is 0 Å². The second kappa shape index (κ2) is 10.2. The van der Waals surface area contributed by atoms with E-state index in [1.165, 1.54) is 0 Å². The number of rotatable bonds is 10. The number of phenols is 1. The molecule has 0 fully saturated rings. The number of esters is 1. The molecule has 0 saturated carbocycles. The van der Waals surface area contributed by atoms with Gasteiger partial charge in [0, 0.05) is 7.11 Å². The summed E-state index contributed by atoms with van der Waals surface area (Å²) in [5.41, 5.74) is 0.797. The molecule has 1 aromatic carbocycles. The first kappa shape index (κ1) is 18.5. The zero-order valence-corrected chi connectivity index (χ0v) is 13.9. The molecule has 0 heterocycles. The fourth-order valence-corrected chi connectivity index (χ4v) is 2.37. The van der Waals surface area contributed by atoms with Crippen molar-refractivity contribution < 1.29 is 19.4 Å². The summed E-state index contributed by atoms with van der Waals surface area (Å²) in [7, 11) is 1.57. The highest BCUT2D eigenvalue weighted by Gasteiger charge is 2.23. The maximum absolute atomic E-state index is 12.3. The van der Waals surface area contributed by atoms with E-state index in [4.69, 9.17) is 9.47 Å². The summed E-state index contributed by atoms with van der Waals surface area (Å²) in [6.07, 6.45) is 4.43. The van der Waals surface area contributed by atoms with Crippen LogP contribution in [0.4, 0.5) is 0 Å². The summed E-state index contributed by atoms with van der Waals surface area (Å²) in [5, 5.41) is 9.35. The fourth-order valence-electron chi connectivity index (χ4n) is 2.37. The molecule has 0 amide bonds. The average Bonchev–Trinajstić information content (AvgIpc) is 2.53. The van der Waals surface area contributed by atoms with Gasteiger partial charge in [-0.15, -0.1) is 0 Å². The van der Waals surface area contributed by atoms with Crippen LogP contribution in [-0.2, 0) is 14.3 Å². The molecule has 124 valence electrons. The lowest BCUT2D eigenvalue weighted by Crippen LogP contribution is -2.23. The topological polar surface area (TPSA) is 55.8 Å². The van der Waals surface area contributed by atoms with E-state index in [0.29, 0.717) is 12.5 Å². The average molecular weight is 308 g/mol. The Morgan fingerprint density at radius 3 is 2.41 bits per heavy atom. The molecule has 1 N–H and O–H groups in total. The number of hydrogen-bond acceptors (Lipinski definition) is 4. The van der Waals surface area contributed by atoms with Crippen molar-refractivity contribution in [3.8, 4) is 5.75 Å². The van der Waals surface area contributed by atoms with Crippen molar-refractivity contribution in [3.63, 3.8) is 0 Å². The molecule has 22 heavy (non-hydrogen) atoms. The zero-order chi connectivity index (χ0) is 16.4. The van der Waals surface area contributed by atoms with Crippen LogP contribution < -0.4 is 0 Å². The van der Waals surface area contributed by atoms with Crippen LogP contribution >= 0.6 is 0 Å². The van der Waals surface area contributed by atoms with Crippen LogP contribution in [0.25, 0.3) is 0 Å². The summed E-state index contributed by atoms with van der Waals surface area (Å²) in [6.45, 7) is 5.03. The molecule has 1 aromatic rings. The first-order valence-electron chi connectivity index (χ1n) is 8.06. The van der Waals surface area contributed by atoms with Crippen LogP contribution in [0.15, 0.2) is 24.3 Å². The highest BCUT2D eigenvalue weighted by atomic mass is 16.5. The van der Waals surface area contributed by atoms with Crippen LogP contribution in [0.3, 0.4) is 0 Å². The Bertz CT molecular complexity index is 427. The summed E-state index contributed by atoms with van der Waals surface area (Å²) in [6, 6.07) is 6.60. The molecular weight excluding hydrogens is 280 g/mol. The molecule has 4 heteroatoms. The molecule has 4 nitrogen and oxygen atoms in total. The van der Waals surface area contributed by atoms with Gasteiger partial charge >= 0.3 is 5.97 Å². The number of carbonyl (C=O) groups excluding carboxylic acids is 1. The third kappa shape index (κ3) is 6.06. The minimum atomic E-state index is -0.450. The minimum absolute atomic E-state index is 0.180. The van der Waals surface area contributed by atoms with Crippen molar-refractivity contribution in [2.45, 2.75) is 45.4 Å². The SMILES string of the molecule is CCCCC(CC)COC(=O)C(COC)c1ccc(O)cc1. The molecule has 0 aliphatic heterocycles. The monoisotopic (exact) mass is 308 g/mol. The number of methoxy groups -OCH3 is 1. The van der Waals surface area contributed by atoms with E-state index in [2.05, 4.69) is 13.8 Å². The summed E-state index contributed by atoms with van der Waals surface area (Å²) in [4.78, 5) is 12.3. The quantitative estimate of drug-likeness (QED) is 0.666. The van der Waals surface area contributed by atoms with E-state index in [9.17, 15) is 9.90 Å². The van der Waals surface area contributed by atoms with Gasteiger partial charge in [-0.25, -0.2) is 0 Å². The van der Waals surface area contributed by atoms with Gasteiger partial charge in [0.25, 0.3) is 0 Å². The number of ether oxygens (including phenoxy) is 2. The van der Waals surface area contributed by atoms with Gasteiger partial charge in [-0.05, 0) is 30.0 Å². The van der Waals surface area contributed by atoms with Gasteiger partial charge in [-0.2, -0.15) is 0 Å². The fraction of sp³-hybridized carbons (Fsp3) is 0.611. The molecule has 0 aliphatic rings. The molecule has 0 spiro atoms. The zero-order valence-electron chi connectivity index (χ0n) is 13.9. The Balaban J connectivity index is 2.63. The lowest BCUT2D eigenvalue weighted by atomic mass is 9.99. The summed E-state index contributed by atoms with van der Waals surface area (Å²) < 4.78 is 10.7. The minimum Gasteiger partial charge on any atom is -0.508 e. The number of benzene rings is 1. The number of aromatic hydroxyl groups is 1. The van der Waals surface area contributed by atoms with Gasteiger partial charge in [-0.3, -0.25) is 4.79 Å². The van der Waals surface area contributed by atoms with Gasteiger partial charge in [0.05, 0.1) is 13.2 Å². The first-order chi connectivity index (χ1) is 10.6. The molecular formula is C18H28O4. The molecule has 2 atom stereocenters. The predicted octanol–water partition coefficient (Wildman–Crippen LogP) is 3.88. The first-order valence-corrected chi connectivity index (χ1v) is 8.06. The summed E-state index contributed by atoms with van der Waals surface area (Å²) >= 11 is 0. The predicted molar refractivity (Wildman–Crippen MR) is 87.0 cm³/mol. The Kier molecular flexibility index (Phi) is 8.60.